The van der Waals surface area contributed by atoms with E-state index < -0.39 is 0 Å². The maximum atomic E-state index is 12.5. The summed E-state index contributed by atoms with van der Waals surface area (Å²) in [5, 5.41) is 14.0. The van der Waals surface area contributed by atoms with Crippen molar-refractivity contribution in [2.75, 3.05) is 11.1 Å². The van der Waals surface area contributed by atoms with Gasteiger partial charge in [-0.3, -0.25) is 4.79 Å². The van der Waals surface area contributed by atoms with Crippen molar-refractivity contribution in [2.45, 2.75) is 39.1 Å². The minimum absolute atomic E-state index is 0.0864. The zero-order valence-electron chi connectivity index (χ0n) is 16.7. The van der Waals surface area contributed by atoms with E-state index in [4.69, 9.17) is 11.6 Å². The number of hydrogen-bond donors (Lipinski definition) is 2. The molecule has 1 aromatic heterocycles. The number of aromatic nitrogens is 2. The van der Waals surface area contributed by atoms with E-state index in [0.29, 0.717) is 22.4 Å². The van der Waals surface area contributed by atoms with Crippen molar-refractivity contribution < 1.29 is 9.90 Å². The van der Waals surface area contributed by atoms with Crippen LogP contribution in [0.5, 0.6) is 0 Å². The molecule has 3 aromatic rings. The molecular weight excluding hydrogens is 406 g/mol. The van der Waals surface area contributed by atoms with Crippen LogP contribution >= 0.6 is 23.4 Å². The first kappa shape index (κ1) is 21.4. The molecule has 0 saturated carbocycles. The van der Waals surface area contributed by atoms with E-state index >= 15 is 0 Å². The SMILES string of the molecule is Cc1cc(C)c(NC(=O)CSc2ncc(CO)n2Cc2ccc(Cl)cc2)c(C)c1. The predicted molar refractivity (Wildman–Crippen MR) is 119 cm³/mol. The maximum Gasteiger partial charge on any atom is 0.234 e. The van der Waals surface area contributed by atoms with Crippen LogP contribution in [-0.2, 0) is 17.9 Å². The largest absolute Gasteiger partial charge is 0.390 e. The third-order valence-electron chi connectivity index (χ3n) is 4.59. The highest BCUT2D eigenvalue weighted by Crippen LogP contribution is 2.24. The van der Waals surface area contributed by atoms with Gasteiger partial charge in [-0.15, -0.1) is 0 Å². The molecular formula is C22H24ClN3O2S. The predicted octanol–water partition coefficient (Wildman–Crippen LogP) is 4.73. The van der Waals surface area contributed by atoms with Crippen LogP contribution in [0, 0.1) is 20.8 Å². The Morgan fingerprint density at radius 3 is 2.45 bits per heavy atom. The molecule has 0 atom stereocenters. The number of aliphatic hydroxyl groups is 1. The first-order valence-corrected chi connectivity index (χ1v) is 10.6. The fourth-order valence-electron chi connectivity index (χ4n) is 3.26. The van der Waals surface area contributed by atoms with Crippen LogP contribution in [0.15, 0.2) is 47.8 Å². The molecule has 0 radical (unpaired) electrons. The van der Waals surface area contributed by atoms with Crippen molar-refractivity contribution in [3.8, 4) is 0 Å². The summed E-state index contributed by atoms with van der Waals surface area (Å²) in [6.45, 7) is 6.47. The lowest BCUT2D eigenvalue weighted by Gasteiger charge is -2.13. The van der Waals surface area contributed by atoms with Crippen molar-refractivity contribution in [3.05, 3.63) is 75.6 Å². The topological polar surface area (TPSA) is 67.2 Å². The number of aryl methyl sites for hydroxylation is 3. The van der Waals surface area contributed by atoms with Crippen LogP contribution in [0.1, 0.15) is 27.9 Å². The van der Waals surface area contributed by atoms with Gasteiger partial charge in [0.2, 0.25) is 5.91 Å². The molecule has 1 amide bonds. The third kappa shape index (κ3) is 5.41. The summed E-state index contributed by atoms with van der Waals surface area (Å²) in [5.74, 6) is 0.145. The standard InChI is InChI=1S/C22H24ClN3O2S/c1-14-8-15(2)21(16(3)9-14)25-20(28)13-29-22-24-10-19(12-27)26(22)11-17-4-6-18(23)7-5-17/h4-10,27H,11-13H2,1-3H3,(H,25,28). The molecule has 0 aliphatic heterocycles. The average Bonchev–Trinajstić information content (AvgIpc) is 3.06. The maximum absolute atomic E-state index is 12.5. The summed E-state index contributed by atoms with van der Waals surface area (Å²) in [6.07, 6.45) is 1.64. The van der Waals surface area contributed by atoms with Gasteiger partial charge in [0.1, 0.15) is 0 Å². The van der Waals surface area contributed by atoms with Crippen molar-refractivity contribution >= 4 is 35.0 Å². The number of imidazole rings is 1. The third-order valence-corrected chi connectivity index (χ3v) is 5.83. The Morgan fingerprint density at radius 1 is 1.17 bits per heavy atom. The molecule has 0 aliphatic rings. The fourth-order valence-corrected chi connectivity index (χ4v) is 4.18. The second-order valence-electron chi connectivity index (χ2n) is 7.01. The summed E-state index contributed by atoms with van der Waals surface area (Å²) >= 11 is 7.31. The molecule has 1 heterocycles. The number of nitrogens with one attached hydrogen (secondary N) is 1. The van der Waals surface area contributed by atoms with E-state index in [9.17, 15) is 9.90 Å². The molecule has 2 aromatic carbocycles. The summed E-state index contributed by atoms with van der Waals surface area (Å²) in [6, 6.07) is 11.7. The van der Waals surface area contributed by atoms with Crippen LogP contribution in [0.4, 0.5) is 5.69 Å². The normalized spacial score (nSPS) is 10.9. The molecule has 7 heteroatoms. The van der Waals surface area contributed by atoms with Crippen LogP contribution in [0.2, 0.25) is 5.02 Å². The van der Waals surface area contributed by atoms with E-state index in [1.54, 1.807) is 6.20 Å². The van der Waals surface area contributed by atoms with Crippen LogP contribution < -0.4 is 5.32 Å². The highest BCUT2D eigenvalue weighted by atomic mass is 35.5. The molecule has 3 rings (SSSR count). The van der Waals surface area contributed by atoms with Gasteiger partial charge in [-0.25, -0.2) is 4.98 Å². The van der Waals surface area contributed by atoms with Gasteiger partial charge < -0.3 is 15.0 Å². The molecule has 5 nitrogen and oxygen atoms in total. The van der Waals surface area contributed by atoms with Crippen molar-refractivity contribution in [2.24, 2.45) is 0 Å². The Labute approximate surface area is 180 Å². The highest BCUT2D eigenvalue weighted by molar-refractivity contribution is 7.99. The Balaban J connectivity index is 1.70. The number of halogens is 1. The lowest BCUT2D eigenvalue weighted by atomic mass is 10.1. The van der Waals surface area contributed by atoms with E-state index in [-0.39, 0.29) is 18.3 Å². The van der Waals surface area contributed by atoms with Gasteiger partial charge >= 0.3 is 0 Å². The van der Waals surface area contributed by atoms with Gasteiger partial charge in [0.25, 0.3) is 0 Å². The zero-order chi connectivity index (χ0) is 21.0. The average molecular weight is 430 g/mol. The van der Waals surface area contributed by atoms with Gasteiger partial charge in [-0.1, -0.05) is 53.2 Å². The second kappa shape index (κ2) is 9.48. The number of carbonyl (C=O) groups is 1. The summed E-state index contributed by atoms with van der Waals surface area (Å²) < 4.78 is 1.92. The molecule has 2 N–H and O–H groups in total. The Kier molecular flexibility index (Phi) is 7.00. The second-order valence-corrected chi connectivity index (χ2v) is 8.39. The molecule has 0 bridgehead atoms. The van der Waals surface area contributed by atoms with E-state index in [0.717, 1.165) is 22.4 Å². The summed E-state index contributed by atoms with van der Waals surface area (Å²) in [5.41, 5.74) is 5.88. The van der Waals surface area contributed by atoms with E-state index in [1.165, 1.54) is 17.3 Å². The minimum Gasteiger partial charge on any atom is -0.390 e. The first-order valence-electron chi connectivity index (χ1n) is 9.27. The Hall–Kier alpha value is -2.28. The molecule has 0 unspecified atom stereocenters. The number of thioether (sulfide) groups is 1. The molecule has 29 heavy (non-hydrogen) atoms. The number of nitrogens with zero attached hydrogens (tertiary/aromatic N) is 2. The quantitative estimate of drug-likeness (QED) is 0.532. The fraction of sp³-hybridized carbons (Fsp3) is 0.273. The van der Waals surface area contributed by atoms with Gasteiger partial charge in [0.15, 0.2) is 5.16 Å². The summed E-state index contributed by atoms with van der Waals surface area (Å²) in [7, 11) is 0. The zero-order valence-corrected chi connectivity index (χ0v) is 18.3. The van der Waals surface area contributed by atoms with E-state index in [2.05, 4.69) is 22.4 Å². The molecule has 152 valence electrons. The summed E-state index contributed by atoms with van der Waals surface area (Å²) in [4.78, 5) is 16.9. The lowest BCUT2D eigenvalue weighted by molar-refractivity contribution is -0.113. The van der Waals surface area contributed by atoms with Gasteiger partial charge in [0.05, 0.1) is 24.3 Å². The first-order chi connectivity index (χ1) is 13.9. The molecule has 0 aliphatic carbocycles. The minimum atomic E-state index is -0.116. The van der Waals surface area contributed by atoms with Gasteiger partial charge in [-0.2, -0.15) is 0 Å². The van der Waals surface area contributed by atoms with Crippen molar-refractivity contribution in [1.29, 1.82) is 0 Å². The number of anilines is 1. The van der Waals surface area contributed by atoms with Crippen LogP contribution in [0.25, 0.3) is 0 Å². The monoisotopic (exact) mass is 429 g/mol. The number of amides is 1. The number of rotatable bonds is 7. The smallest absolute Gasteiger partial charge is 0.234 e. The van der Waals surface area contributed by atoms with E-state index in [1.807, 2.05) is 49.6 Å². The Bertz CT molecular complexity index is 992. The number of benzene rings is 2. The van der Waals surface area contributed by atoms with Crippen LogP contribution in [-0.4, -0.2) is 26.3 Å². The molecule has 0 fully saturated rings. The van der Waals surface area contributed by atoms with Crippen LogP contribution in [0.3, 0.4) is 0 Å². The van der Waals surface area contributed by atoms with Crippen molar-refractivity contribution in [3.63, 3.8) is 0 Å². The highest BCUT2D eigenvalue weighted by Gasteiger charge is 2.14. The Morgan fingerprint density at radius 2 is 1.83 bits per heavy atom. The lowest BCUT2D eigenvalue weighted by Crippen LogP contribution is -2.16. The van der Waals surface area contributed by atoms with Gasteiger partial charge in [-0.05, 0) is 49.6 Å². The molecule has 0 saturated heterocycles. The van der Waals surface area contributed by atoms with Gasteiger partial charge in [0, 0.05) is 17.3 Å². The number of carbonyl (C=O) groups excluding carboxylic acids is 1. The number of aliphatic hydroxyl groups excluding tert-OH is 1. The molecule has 0 spiro atoms. The number of hydrogen-bond acceptors (Lipinski definition) is 4. The van der Waals surface area contributed by atoms with Crippen molar-refractivity contribution in [1.82, 2.24) is 9.55 Å².